The minimum atomic E-state index is -0.0933. The van der Waals surface area contributed by atoms with Crippen molar-refractivity contribution in [1.29, 1.82) is 0 Å². The molecule has 1 heterocycles. The number of hydrogen-bond donors (Lipinski definition) is 1. The molecule has 5 heteroatoms. The maximum Gasteiger partial charge on any atom is 0.254 e. The Balaban J connectivity index is 2.19. The van der Waals surface area contributed by atoms with Crippen LogP contribution in [0.3, 0.4) is 0 Å². The second kappa shape index (κ2) is 5.61. The van der Waals surface area contributed by atoms with Crippen molar-refractivity contribution in [3.63, 3.8) is 0 Å². The summed E-state index contributed by atoms with van der Waals surface area (Å²) in [5, 5.41) is 0. The summed E-state index contributed by atoms with van der Waals surface area (Å²) in [5.74, 6) is 0.988. The number of carbonyl (C=O) groups excluding carboxylic acids is 1. The molecule has 2 rings (SSSR count). The molecule has 20 heavy (non-hydrogen) atoms. The monoisotopic (exact) mass is 271 g/mol. The number of aromatic nitrogens is 1. The summed E-state index contributed by atoms with van der Waals surface area (Å²) in [5.41, 5.74) is 7.87. The summed E-state index contributed by atoms with van der Waals surface area (Å²) in [7, 11) is 3.39. The van der Waals surface area contributed by atoms with Crippen LogP contribution in [0.2, 0.25) is 0 Å². The van der Waals surface area contributed by atoms with E-state index in [4.69, 9.17) is 10.5 Å². The molecule has 0 unspecified atom stereocenters. The van der Waals surface area contributed by atoms with Crippen molar-refractivity contribution >= 4 is 11.6 Å². The maximum absolute atomic E-state index is 11.7. The summed E-state index contributed by atoms with van der Waals surface area (Å²) >= 11 is 0. The smallest absolute Gasteiger partial charge is 0.254 e. The van der Waals surface area contributed by atoms with Crippen molar-refractivity contribution in [1.82, 2.24) is 9.88 Å². The van der Waals surface area contributed by atoms with Gasteiger partial charge in [0, 0.05) is 37.6 Å². The predicted molar refractivity (Wildman–Crippen MR) is 77.9 cm³/mol. The van der Waals surface area contributed by atoms with E-state index in [0.717, 1.165) is 5.56 Å². The molecule has 0 bridgehead atoms. The van der Waals surface area contributed by atoms with Gasteiger partial charge in [-0.15, -0.1) is 0 Å². The molecule has 0 fully saturated rings. The van der Waals surface area contributed by atoms with Gasteiger partial charge >= 0.3 is 0 Å². The van der Waals surface area contributed by atoms with Gasteiger partial charge in [0.2, 0.25) is 5.88 Å². The highest BCUT2D eigenvalue weighted by Gasteiger charge is 2.09. The first-order valence-electron chi connectivity index (χ1n) is 6.19. The van der Waals surface area contributed by atoms with E-state index < -0.39 is 0 Å². The highest BCUT2D eigenvalue weighted by molar-refractivity contribution is 5.93. The molecular formula is C15H17N3O2. The molecule has 0 aliphatic rings. The average molecular weight is 271 g/mol. The summed E-state index contributed by atoms with van der Waals surface area (Å²) in [6, 6.07) is 8.81. The van der Waals surface area contributed by atoms with Crippen LogP contribution in [0, 0.1) is 6.92 Å². The van der Waals surface area contributed by atoms with E-state index in [2.05, 4.69) is 4.98 Å². The van der Waals surface area contributed by atoms with E-state index >= 15 is 0 Å². The number of benzene rings is 1. The number of pyridine rings is 1. The fourth-order valence-corrected chi connectivity index (χ4v) is 1.68. The zero-order chi connectivity index (χ0) is 14.7. The molecule has 2 N–H and O–H groups in total. The fourth-order valence-electron chi connectivity index (χ4n) is 1.68. The molecule has 1 aromatic heterocycles. The lowest BCUT2D eigenvalue weighted by Crippen LogP contribution is -2.21. The summed E-state index contributed by atoms with van der Waals surface area (Å²) in [4.78, 5) is 17.4. The van der Waals surface area contributed by atoms with E-state index in [-0.39, 0.29) is 5.91 Å². The molecule has 0 saturated heterocycles. The predicted octanol–water partition coefficient (Wildman–Crippen LogP) is 2.47. The third kappa shape index (κ3) is 2.88. The summed E-state index contributed by atoms with van der Waals surface area (Å²) in [6.45, 7) is 1.88. The molecule has 0 atom stereocenters. The summed E-state index contributed by atoms with van der Waals surface area (Å²) < 4.78 is 5.67. The van der Waals surface area contributed by atoms with Crippen molar-refractivity contribution in [2.45, 2.75) is 6.92 Å². The number of carbonyl (C=O) groups is 1. The Labute approximate surface area is 118 Å². The van der Waals surface area contributed by atoms with E-state index in [1.54, 1.807) is 26.2 Å². The number of hydrogen-bond acceptors (Lipinski definition) is 4. The molecule has 0 aliphatic heterocycles. The van der Waals surface area contributed by atoms with E-state index in [9.17, 15) is 4.79 Å². The molecule has 2 aromatic rings. The number of ether oxygens (including phenoxy) is 1. The number of nitrogen functional groups attached to an aromatic ring is 1. The molecule has 0 aliphatic carbocycles. The van der Waals surface area contributed by atoms with Crippen molar-refractivity contribution in [3.05, 3.63) is 47.7 Å². The third-order valence-corrected chi connectivity index (χ3v) is 2.93. The van der Waals surface area contributed by atoms with Crippen molar-refractivity contribution < 1.29 is 9.53 Å². The Bertz CT molecular complexity index is 622. The lowest BCUT2D eigenvalue weighted by Gasteiger charge is -2.11. The van der Waals surface area contributed by atoms with Gasteiger partial charge in [-0.05, 0) is 25.1 Å². The van der Waals surface area contributed by atoms with Crippen LogP contribution < -0.4 is 10.5 Å². The van der Waals surface area contributed by atoms with Gasteiger partial charge in [-0.2, -0.15) is 0 Å². The molecule has 5 nitrogen and oxygen atoms in total. The van der Waals surface area contributed by atoms with Crippen LogP contribution in [0.15, 0.2) is 36.5 Å². The molecule has 0 spiro atoms. The first-order valence-corrected chi connectivity index (χ1v) is 6.19. The molecule has 104 valence electrons. The second-order valence-electron chi connectivity index (χ2n) is 4.66. The molecule has 1 amide bonds. The van der Waals surface area contributed by atoms with Crippen LogP contribution >= 0.6 is 0 Å². The fraction of sp³-hybridized carbons (Fsp3) is 0.200. The van der Waals surface area contributed by atoms with Gasteiger partial charge in [0.05, 0.1) is 5.56 Å². The quantitative estimate of drug-likeness (QED) is 0.871. The molecule has 1 aromatic carbocycles. The topological polar surface area (TPSA) is 68.5 Å². The Kier molecular flexibility index (Phi) is 3.89. The average Bonchev–Trinajstić information content (AvgIpc) is 2.44. The minimum Gasteiger partial charge on any atom is -0.439 e. The van der Waals surface area contributed by atoms with Gasteiger partial charge in [-0.1, -0.05) is 6.07 Å². The lowest BCUT2D eigenvalue weighted by molar-refractivity contribution is 0.0827. The van der Waals surface area contributed by atoms with Gasteiger partial charge in [0.15, 0.2) is 0 Å². The number of nitrogens with zero attached hydrogens (tertiary/aromatic N) is 2. The van der Waals surface area contributed by atoms with E-state index in [1.165, 1.54) is 11.1 Å². The maximum atomic E-state index is 11.7. The highest BCUT2D eigenvalue weighted by Crippen LogP contribution is 2.27. The van der Waals surface area contributed by atoms with Crippen LogP contribution in [0.5, 0.6) is 11.6 Å². The van der Waals surface area contributed by atoms with Crippen LogP contribution in [0.4, 0.5) is 5.69 Å². The number of amides is 1. The first kappa shape index (κ1) is 13.9. The van der Waals surface area contributed by atoms with Gasteiger partial charge < -0.3 is 15.4 Å². The van der Waals surface area contributed by atoms with Gasteiger partial charge in [-0.25, -0.2) is 4.98 Å². The van der Waals surface area contributed by atoms with Gasteiger partial charge in [0.25, 0.3) is 5.91 Å². The Morgan fingerprint density at radius 1 is 1.25 bits per heavy atom. The van der Waals surface area contributed by atoms with Crippen LogP contribution in [-0.2, 0) is 0 Å². The Morgan fingerprint density at radius 2 is 2.00 bits per heavy atom. The highest BCUT2D eigenvalue weighted by atomic mass is 16.5. The zero-order valence-electron chi connectivity index (χ0n) is 11.8. The Morgan fingerprint density at radius 3 is 2.60 bits per heavy atom. The van der Waals surface area contributed by atoms with Crippen LogP contribution in [-0.4, -0.2) is 29.9 Å². The van der Waals surface area contributed by atoms with Crippen molar-refractivity contribution in [2.75, 3.05) is 19.8 Å². The molecule has 0 saturated carbocycles. The van der Waals surface area contributed by atoms with Crippen molar-refractivity contribution in [2.24, 2.45) is 0 Å². The normalized spacial score (nSPS) is 10.2. The number of anilines is 1. The number of rotatable bonds is 3. The SMILES string of the molecule is Cc1c(N)cccc1Oc1ccc(C(=O)N(C)C)cn1. The molecule has 0 radical (unpaired) electrons. The zero-order valence-corrected chi connectivity index (χ0v) is 11.8. The largest absolute Gasteiger partial charge is 0.439 e. The van der Waals surface area contributed by atoms with E-state index in [1.807, 2.05) is 25.1 Å². The standard InChI is InChI=1S/C15H17N3O2/c1-10-12(16)5-4-6-13(10)20-14-8-7-11(9-17-14)15(19)18(2)3/h4-9H,16H2,1-3H3. The Hall–Kier alpha value is -2.56. The number of nitrogens with two attached hydrogens (primary N) is 1. The first-order chi connectivity index (χ1) is 9.49. The third-order valence-electron chi connectivity index (χ3n) is 2.93. The van der Waals surface area contributed by atoms with Gasteiger partial charge in [-0.3, -0.25) is 4.79 Å². The van der Waals surface area contributed by atoms with Crippen LogP contribution in [0.1, 0.15) is 15.9 Å². The summed E-state index contributed by atoms with van der Waals surface area (Å²) in [6.07, 6.45) is 1.50. The second-order valence-corrected chi connectivity index (χ2v) is 4.66. The van der Waals surface area contributed by atoms with Crippen molar-refractivity contribution in [3.8, 4) is 11.6 Å². The lowest BCUT2D eigenvalue weighted by atomic mass is 10.2. The molecular weight excluding hydrogens is 254 g/mol. The van der Waals surface area contributed by atoms with E-state index in [0.29, 0.717) is 22.9 Å². The minimum absolute atomic E-state index is 0.0933. The van der Waals surface area contributed by atoms with Gasteiger partial charge in [0.1, 0.15) is 5.75 Å². The van der Waals surface area contributed by atoms with Crippen LogP contribution in [0.25, 0.3) is 0 Å².